The van der Waals surface area contributed by atoms with Crippen LogP contribution in [0.5, 0.6) is 0 Å². The Morgan fingerprint density at radius 1 is 0.810 bits per heavy atom. The molecule has 104 valence electrons. The fourth-order valence-corrected chi connectivity index (χ4v) is 2.60. The Bertz CT molecular complexity index is 737. The van der Waals surface area contributed by atoms with Crippen LogP contribution < -0.4 is 0 Å². The second-order valence-corrected chi connectivity index (χ2v) is 5.69. The van der Waals surface area contributed by atoms with Crippen LogP contribution >= 0.6 is 11.8 Å². The first-order chi connectivity index (χ1) is 10.3. The Kier molecular flexibility index (Phi) is 4.02. The van der Waals surface area contributed by atoms with Crippen molar-refractivity contribution in [2.45, 2.75) is 11.8 Å². The molecule has 1 aromatic heterocycles. The van der Waals surface area contributed by atoms with Crippen LogP contribution in [0.1, 0.15) is 5.69 Å². The Balaban J connectivity index is 2.05. The minimum atomic E-state index is 0.777. The highest BCUT2D eigenvalue weighted by atomic mass is 32.2. The fraction of sp³-hybridized carbons (Fsp3) is 0.111. The Hall–Kier alpha value is -2.13. The molecule has 0 amide bonds. The lowest BCUT2D eigenvalue weighted by molar-refractivity contribution is 1.11. The van der Waals surface area contributed by atoms with Crippen LogP contribution in [0, 0.1) is 6.92 Å². The summed E-state index contributed by atoms with van der Waals surface area (Å²) in [6, 6.07) is 20.6. The molecule has 3 rings (SSSR count). The van der Waals surface area contributed by atoms with Crippen molar-refractivity contribution in [3.63, 3.8) is 0 Å². The van der Waals surface area contributed by atoms with Gasteiger partial charge in [0.2, 0.25) is 0 Å². The molecule has 0 unspecified atom stereocenters. The van der Waals surface area contributed by atoms with Crippen molar-refractivity contribution >= 4 is 11.8 Å². The molecule has 0 saturated heterocycles. The van der Waals surface area contributed by atoms with Crippen molar-refractivity contribution in [3.8, 4) is 22.6 Å². The number of aryl methyl sites for hydroxylation is 1. The highest BCUT2D eigenvalue weighted by Gasteiger charge is 2.06. The molecule has 0 aliphatic rings. The summed E-state index contributed by atoms with van der Waals surface area (Å²) in [6.07, 6.45) is 2.08. The minimum absolute atomic E-state index is 0.777. The van der Waals surface area contributed by atoms with E-state index in [2.05, 4.69) is 35.5 Å². The molecular weight excluding hydrogens is 276 g/mol. The maximum Gasteiger partial charge on any atom is 0.160 e. The lowest BCUT2D eigenvalue weighted by Crippen LogP contribution is -1.94. The van der Waals surface area contributed by atoms with E-state index in [1.807, 2.05) is 43.3 Å². The number of nitrogens with zero attached hydrogens (tertiary/aromatic N) is 2. The SMILES string of the molecule is CSc1ccc(-c2cc(C)nc(-c3ccccc3)n2)cc1. The molecule has 2 nitrogen and oxygen atoms in total. The topological polar surface area (TPSA) is 25.8 Å². The zero-order valence-corrected chi connectivity index (χ0v) is 12.9. The minimum Gasteiger partial charge on any atom is -0.233 e. The van der Waals surface area contributed by atoms with E-state index in [1.54, 1.807) is 11.8 Å². The number of hydrogen-bond acceptors (Lipinski definition) is 3. The van der Waals surface area contributed by atoms with Gasteiger partial charge >= 0.3 is 0 Å². The van der Waals surface area contributed by atoms with E-state index in [-0.39, 0.29) is 0 Å². The number of rotatable bonds is 3. The third-order valence-corrected chi connectivity index (χ3v) is 4.02. The van der Waals surface area contributed by atoms with E-state index in [1.165, 1.54) is 4.90 Å². The van der Waals surface area contributed by atoms with Gasteiger partial charge in [-0.05, 0) is 31.4 Å². The third kappa shape index (κ3) is 3.14. The Morgan fingerprint density at radius 2 is 1.52 bits per heavy atom. The van der Waals surface area contributed by atoms with Gasteiger partial charge in [0.05, 0.1) is 5.69 Å². The molecule has 21 heavy (non-hydrogen) atoms. The second-order valence-electron chi connectivity index (χ2n) is 4.81. The summed E-state index contributed by atoms with van der Waals surface area (Å²) in [4.78, 5) is 10.5. The zero-order valence-electron chi connectivity index (χ0n) is 12.1. The van der Waals surface area contributed by atoms with Crippen LogP contribution in [-0.4, -0.2) is 16.2 Å². The van der Waals surface area contributed by atoms with Crippen LogP contribution in [0.4, 0.5) is 0 Å². The van der Waals surface area contributed by atoms with Crippen molar-refractivity contribution in [1.82, 2.24) is 9.97 Å². The summed E-state index contributed by atoms with van der Waals surface area (Å²) in [5.74, 6) is 0.777. The van der Waals surface area contributed by atoms with E-state index in [0.717, 1.165) is 28.3 Å². The van der Waals surface area contributed by atoms with E-state index in [4.69, 9.17) is 4.98 Å². The number of hydrogen-bond donors (Lipinski definition) is 0. The maximum atomic E-state index is 4.71. The fourth-order valence-electron chi connectivity index (χ4n) is 2.19. The smallest absolute Gasteiger partial charge is 0.160 e. The molecule has 0 aliphatic heterocycles. The molecule has 0 N–H and O–H groups in total. The number of aromatic nitrogens is 2. The van der Waals surface area contributed by atoms with Gasteiger partial charge in [-0.25, -0.2) is 9.97 Å². The van der Waals surface area contributed by atoms with Gasteiger partial charge in [0.15, 0.2) is 5.82 Å². The number of thioether (sulfide) groups is 1. The third-order valence-electron chi connectivity index (χ3n) is 3.27. The quantitative estimate of drug-likeness (QED) is 0.646. The van der Waals surface area contributed by atoms with Crippen molar-refractivity contribution in [3.05, 3.63) is 66.4 Å². The summed E-state index contributed by atoms with van der Waals surface area (Å²) >= 11 is 1.74. The summed E-state index contributed by atoms with van der Waals surface area (Å²) in [5.41, 5.74) is 4.11. The first kappa shape index (κ1) is 13.8. The molecule has 3 heteroatoms. The summed E-state index contributed by atoms with van der Waals surface area (Å²) < 4.78 is 0. The highest BCUT2D eigenvalue weighted by molar-refractivity contribution is 7.98. The first-order valence-corrected chi connectivity index (χ1v) is 8.04. The molecule has 0 atom stereocenters. The van der Waals surface area contributed by atoms with E-state index >= 15 is 0 Å². The lowest BCUT2D eigenvalue weighted by Gasteiger charge is -2.07. The van der Waals surface area contributed by atoms with Crippen molar-refractivity contribution < 1.29 is 0 Å². The summed E-state index contributed by atoms with van der Waals surface area (Å²) in [6.45, 7) is 2.01. The van der Waals surface area contributed by atoms with E-state index in [9.17, 15) is 0 Å². The van der Waals surface area contributed by atoms with Crippen LogP contribution in [0.3, 0.4) is 0 Å². The molecule has 0 spiro atoms. The Morgan fingerprint density at radius 3 is 2.19 bits per heavy atom. The molecule has 2 aromatic carbocycles. The Labute approximate surface area is 129 Å². The van der Waals surface area contributed by atoms with Crippen LogP contribution in [-0.2, 0) is 0 Å². The van der Waals surface area contributed by atoms with E-state index in [0.29, 0.717) is 0 Å². The normalized spacial score (nSPS) is 10.6. The lowest BCUT2D eigenvalue weighted by atomic mass is 10.1. The van der Waals surface area contributed by atoms with Crippen LogP contribution in [0.2, 0.25) is 0 Å². The molecule has 3 aromatic rings. The molecular formula is C18H16N2S. The van der Waals surface area contributed by atoms with Crippen LogP contribution in [0.25, 0.3) is 22.6 Å². The van der Waals surface area contributed by atoms with E-state index < -0.39 is 0 Å². The van der Waals surface area contributed by atoms with Crippen molar-refractivity contribution in [1.29, 1.82) is 0 Å². The van der Waals surface area contributed by atoms with Gasteiger partial charge < -0.3 is 0 Å². The standard InChI is InChI=1S/C18H16N2S/c1-13-12-17(14-8-10-16(21-2)11-9-14)20-18(19-13)15-6-4-3-5-7-15/h3-12H,1-2H3. The molecule has 0 saturated carbocycles. The predicted octanol–water partition coefficient (Wildman–Crippen LogP) is 4.84. The van der Waals surface area contributed by atoms with Crippen molar-refractivity contribution in [2.24, 2.45) is 0 Å². The molecule has 0 radical (unpaired) electrons. The van der Waals surface area contributed by atoms with Gasteiger partial charge in [-0.1, -0.05) is 42.5 Å². The summed E-state index contributed by atoms with van der Waals surface area (Å²) in [5, 5.41) is 0. The average Bonchev–Trinajstić information content (AvgIpc) is 2.55. The van der Waals surface area contributed by atoms with Gasteiger partial charge in [0.1, 0.15) is 0 Å². The second kappa shape index (κ2) is 6.10. The first-order valence-electron chi connectivity index (χ1n) is 6.82. The van der Waals surface area contributed by atoms with Gasteiger partial charge in [-0.15, -0.1) is 11.8 Å². The summed E-state index contributed by atoms with van der Waals surface area (Å²) in [7, 11) is 0. The van der Waals surface area contributed by atoms with Gasteiger partial charge in [-0.3, -0.25) is 0 Å². The van der Waals surface area contributed by atoms with Gasteiger partial charge in [-0.2, -0.15) is 0 Å². The molecule has 0 bridgehead atoms. The largest absolute Gasteiger partial charge is 0.233 e. The highest BCUT2D eigenvalue weighted by Crippen LogP contribution is 2.24. The van der Waals surface area contributed by atoms with Gasteiger partial charge in [0, 0.05) is 21.7 Å². The predicted molar refractivity (Wildman–Crippen MR) is 89.4 cm³/mol. The maximum absolute atomic E-state index is 4.71. The average molecular weight is 292 g/mol. The van der Waals surface area contributed by atoms with Gasteiger partial charge in [0.25, 0.3) is 0 Å². The monoisotopic (exact) mass is 292 g/mol. The van der Waals surface area contributed by atoms with Crippen LogP contribution in [0.15, 0.2) is 65.6 Å². The van der Waals surface area contributed by atoms with Crippen molar-refractivity contribution in [2.75, 3.05) is 6.26 Å². The molecule has 0 aliphatic carbocycles. The zero-order chi connectivity index (χ0) is 14.7. The molecule has 1 heterocycles. The number of benzene rings is 2. The molecule has 0 fully saturated rings.